The first-order chi connectivity index (χ1) is 9.74. The molecule has 1 N–H and O–H groups in total. The van der Waals surface area contributed by atoms with E-state index < -0.39 is 0 Å². The molecule has 1 aromatic rings. The number of likely N-dealkylation sites (N-methyl/N-ethyl adjacent to an activating group) is 1. The molecule has 0 saturated heterocycles. The van der Waals surface area contributed by atoms with Crippen LogP contribution in [0.3, 0.4) is 0 Å². The van der Waals surface area contributed by atoms with Gasteiger partial charge in [-0.1, -0.05) is 6.07 Å². The lowest BCUT2D eigenvalue weighted by molar-refractivity contribution is -0.143. The molecule has 1 aliphatic rings. The van der Waals surface area contributed by atoms with Crippen LogP contribution in [0.25, 0.3) is 0 Å². The van der Waals surface area contributed by atoms with Crippen LogP contribution in [0.5, 0.6) is 5.75 Å². The minimum absolute atomic E-state index is 0.249. The van der Waals surface area contributed by atoms with Crippen molar-refractivity contribution < 1.29 is 14.3 Å². The highest BCUT2D eigenvalue weighted by Gasteiger charge is 2.16. The second-order valence-corrected chi connectivity index (χ2v) is 5.14. The summed E-state index contributed by atoms with van der Waals surface area (Å²) < 4.78 is 10.5. The first kappa shape index (κ1) is 14.9. The highest BCUT2D eigenvalue weighted by atomic mass is 16.5. The van der Waals surface area contributed by atoms with E-state index in [1.54, 1.807) is 7.05 Å². The highest BCUT2D eigenvalue weighted by molar-refractivity contribution is 5.75. The standard InChI is InChI=1S/C16H23NO3/c1-17-15(16(18)19-2)9-10-20-14-8-7-12-5-3-4-6-13(12)11-14/h7-8,11,15,17H,3-6,9-10H2,1-2H3. The Morgan fingerprint density at radius 3 is 2.75 bits per heavy atom. The van der Waals surface area contributed by atoms with Crippen molar-refractivity contribution in [2.45, 2.75) is 38.1 Å². The van der Waals surface area contributed by atoms with Gasteiger partial charge in [0.15, 0.2) is 0 Å². The number of nitrogens with one attached hydrogen (secondary N) is 1. The zero-order valence-electron chi connectivity index (χ0n) is 12.3. The van der Waals surface area contributed by atoms with Gasteiger partial charge in [-0.2, -0.15) is 0 Å². The van der Waals surface area contributed by atoms with Gasteiger partial charge in [-0.05, 0) is 56.0 Å². The predicted molar refractivity (Wildman–Crippen MR) is 78.1 cm³/mol. The molecule has 0 fully saturated rings. The summed E-state index contributed by atoms with van der Waals surface area (Å²) in [6.07, 6.45) is 5.48. The average molecular weight is 277 g/mol. The summed E-state index contributed by atoms with van der Waals surface area (Å²) >= 11 is 0. The van der Waals surface area contributed by atoms with Crippen molar-refractivity contribution in [3.05, 3.63) is 29.3 Å². The fourth-order valence-electron chi connectivity index (χ4n) is 2.62. The van der Waals surface area contributed by atoms with Crippen LogP contribution in [0.15, 0.2) is 18.2 Å². The maximum absolute atomic E-state index is 11.4. The van der Waals surface area contributed by atoms with Gasteiger partial charge in [-0.25, -0.2) is 0 Å². The molecule has 20 heavy (non-hydrogen) atoms. The zero-order chi connectivity index (χ0) is 14.4. The average Bonchev–Trinajstić information content (AvgIpc) is 2.50. The van der Waals surface area contributed by atoms with Gasteiger partial charge in [0.2, 0.25) is 0 Å². The van der Waals surface area contributed by atoms with Gasteiger partial charge in [0, 0.05) is 6.42 Å². The largest absolute Gasteiger partial charge is 0.494 e. The minimum Gasteiger partial charge on any atom is -0.494 e. The van der Waals surface area contributed by atoms with Gasteiger partial charge >= 0.3 is 5.97 Å². The molecule has 0 heterocycles. The number of esters is 1. The summed E-state index contributed by atoms with van der Waals surface area (Å²) in [5, 5.41) is 2.93. The minimum atomic E-state index is -0.308. The van der Waals surface area contributed by atoms with E-state index in [-0.39, 0.29) is 12.0 Å². The first-order valence-corrected chi connectivity index (χ1v) is 7.24. The molecule has 0 aliphatic heterocycles. The Morgan fingerprint density at radius 1 is 1.30 bits per heavy atom. The van der Waals surface area contributed by atoms with Crippen LogP contribution in [0.2, 0.25) is 0 Å². The van der Waals surface area contributed by atoms with E-state index in [9.17, 15) is 4.79 Å². The van der Waals surface area contributed by atoms with Crippen molar-refractivity contribution in [1.29, 1.82) is 0 Å². The monoisotopic (exact) mass is 277 g/mol. The van der Waals surface area contributed by atoms with Gasteiger partial charge in [0.05, 0.1) is 13.7 Å². The molecular weight excluding hydrogens is 254 g/mol. The lowest BCUT2D eigenvalue weighted by Crippen LogP contribution is -2.36. The van der Waals surface area contributed by atoms with Crippen molar-refractivity contribution in [1.82, 2.24) is 5.32 Å². The SMILES string of the molecule is CNC(CCOc1ccc2c(c1)CCCC2)C(=O)OC. The van der Waals surface area contributed by atoms with Crippen molar-refractivity contribution in [3.8, 4) is 5.75 Å². The van der Waals surface area contributed by atoms with Crippen LogP contribution in [0.1, 0.15) is 30.4 Å². The Hall–Kier alpha value is -1.55. The zero-order valence-corrected chi connectivity index (χ0v) is 12.3. The Balaban J connectivity index is 1.86. The summed E-state index contributed by atoms with van der Waals surface area (Å²) in [5.41, 5.74) is 2.86. The van der Waals surface area contributed by atoms with Gasteiger partial charge < -0.3 is 14.8 Å². The number of ether oxygens (including phenoxy) is 2. The Morgan fingerprint density at radius 2 is 2.05 bits per heavy atom. The first-order valence-electron chi connectivity index (χ1n) is 7.24. The summed E-state index contributed by atoms with van der Waals surface area (Å²) in [6.45, 7) is 0.499. The Labute approximate surface area is 120 Å². The Kier molecular flexibility index (Phi) is 5.41. The number of hydrogen-bond acceptors (Lipinski definition) is 4. The van der Waals surface area contributed by atoms with Gasteiger partial charge in [-0.3, -0.25) is 4.79 Å². The quantitative estimate of drug-likeness (QED) is 0.809. The smallest absolute Gasteiger partial charge is 0.322 e. The van der Waals surface area contributed by atoms with Crippen molar-refractivity contribution >= 4 is 5.97 Å². The predicted octanol–water partition coefficient (Wildman–Crippen LogP) is 2.10. The number of hydrogen-bond donors (Lipinski definition) is 1. The molecule has 0 spiro atoms. The number of carbonyl (C=O) groups is 1. The van der Waals surface area contributed by atoms with E-state index in [2.05, 4.69) is 17.4 Å². The van der Waals surface area contributed by atoms with Crippen LogP contribution < -0.4 is 10.1 Å². The molecule has 0 aromatic heterocycles. The highest BCUT2D eigenvalue weighted by Crippen LogP contribution is 2.25. The molecule has 1 aliphatic carbocycles. The molecule has 1 atom stereocenters. The van der Waals surface area contributed by atoms with Crippen LogP contribution in [-0.4, -0.2) is 32.8 Å². The fraction of sp³-hybridized carbons (Fsp3) is 0.562. The van der Waals surface area contributed by atoms with E-state index in [0.717, 1.165) is 12.2 Å². The van der Waals surface area contributed by atoms with Crippen LogP contribution in [0, 0.1) is 0 Å². The van der Waals surface area contributed by atoms with Gasteiger partial charge in [-0.15, -0.1) is 0 Å². The fourth-order valence-corrected chi connectivity index (χ4v) is 2.62. The summed E-state index contributed by atoms with van der Waals surface area (Å²) in [4.78, 5) is 11.4. The maximum atomic E-state index is 11.4. The molecule has 0 saturated carbocycles. The second kappa shape index (κ2) is 7.29. The summed E-state index contributed by atoms with van der Waals surface area (Å²) in [6, 6.07) is 6.02. The van der Waals surface area contributed by atoms with E-state index in [0.29, 0.717) is 13.0 Å². The topological polar surface area (TPSA) is 47.6 Å². The number of carbonyl (C=O) groups excluding carboxylic acids is 1. The van der Waals surface area contributed by atoms with E-state index in [1.165, 1.54) is 37.5 Å². The molecular formula is C16H23NO3. The third-order valence-corrected chi connectivity index (χ3v) is 3.83. The lowest BCUT2D eigenvalue weighted by atomic mass is 9.92. The number of rotatable bonds is 6. The number of aryl methyl sites for hydroxylation is 2. The molecule has 110 valence electrons. The number of benzene rings is 1. The van der Waals surface area contributed by atoms with Crippen LogP contribution >= 0.6 is 0 Å². The lowest BCUT2D eigenvalue weighted by Gasteiger charge is -2.17. The normalized spacial score (nSPS) is 15.3. The number of fused-ring (bicyclic) bond motifs is 1. The van der Waals surface area contributed by atoms with E-state index >= 15 is 0 Å². The molecule has 1 unspecified atom stereocenters. The summed E-state index contributed by atoms with van der Waals surface area (Å²) in [5.74, 6) is 0.645. The van der Waals surface area contributed by atoms with Crippen molar-refractivity contribution in [2.75, 3.05) is 20.8 Å². The van der Waals surface area contributed by atoms with Gasteiger partial charge in [0.1, 0.15) is 11.8 Å². The molecule has 1 aromatic carbocycles. The molecule has 2 rings (SSSR count). The van der Waals surface area contributed by atoms with Crippen molar-refractivity contribution in [2.24, 2.45) is 0 Å². The third kappa shape index (κ3) is 3.73. The van der Waals surface area contributed by atoms with E-state index in [4.69, 9.17) is 9.47 Å². The molecule has 4 heteroatoms. The van der Waals surface area contributed by atoms with E-state index in [1.807, 2.05) is 6.07 Å². The van der Waals surface area contributed by atoms with Crippen molar-refractivity contribution in [3.63, 3.8) is 0 Å². The molecule has 0 radical (unpaired) electrons. The molecule has 4 nitrogen and oxygen atoms in total. The Bertz CT molecular complexity index is 459. The summed E-state index contributed by atoms with van der Waals surface area (Å²) in [7, 11) is 3.15. The van der Waals surface area contributed by atoms with Crippen LogP contribution in [-0.2, 0) is 22.4 Å². The maximum Gasteiger partial charge on any atom is 0.322 e. The number of methoxy groups -OCH3 is 1. The van der Waals surface area contributed by atoms with Crippen LogP contribution in [0.4, 0.5) is 0 Å². The molecule has 0 amide bonds. The molecule has 0 bridgehead atoms. The van der Waals surface area contributed by atoms with Gasteiger partial charge in [0.25, 0.3) is 0 Å². The second-order valence-electron chi connectivity index (χ2n) is 5.14. The third-order valence-electron chi connectivity index (χ3n) is 3.83.